The van der Waals surface area contributed by atoms with E-state index in [-0.39, 0.29) is 5.70 Å². The molecular formula is C27H26N2O4. The van der Waals surface area contributed by atoms with Gasteiger partial charge in [-0.15, -0.1) is 0 Å². The molecule has 1 heterocycles. The van der Waals surface area contributed by atoms with Gasteiger partial charge in [-0.3, -0.25) is 9.59 Å². The maximum absolute atomic E-state index is 13.6. The van der Waals surface area contributed by atoms with Crippen LogP contribution in [-0.4, -0.2) is 25.5 Å². The Balaban J connectivity index is 1.81. The number of nitrogens with zero attached hydrogens (tertiary/aromatic N) is 1. The van der Waals surface area contributed by atoms with E-state index in [1.807, 2.05) is 39.0 Å². The standard InChI is InChI=1S/C27H26N2O4/c1-5-33-21-12-10-19(11-13-21)24-25(28-23-14-9-17(2)15-18(23)3)27(31)29(26(24)30)20-7-6-8-22(16-20)32-4/h6-16,28H,5H2,1-4H3. The first-order valence-electron chi connectivity index (χ1n) is 10.8. The predicted octanol–water partition coefficient (Wildman–Crippen LogP) is 5.11. The number of benzene rings is 3. The topological polar surface area (TPSA) is 67.9 Å². The highest BCUT2D eigenvalue weighted by molar-refractivity contribution is 6.46. The number of amides is 2. The van der Waals surface area contributed by atoms with Crippen molar-refractivity contribution < 1.29 is 19.1 Å². The highest BCUT2D eigenvalue weighted by Crippen LogP contribution is 2.35. The van der Waals surface area contributed by atoms with E-state index in [9.17, 15) is 9.59 Å². The van der Waals surface area contributed by atoms with Crippen molar-refractivity contribution in [3.8, 4) is 11.5 Å². The molecule has 0 aromatic heterocycles. The van der Waals surface area contributed by atoms with Crippen LogP contribution in [0.1, 0.15) is 23.6 Å². The van der Waals surface area contributed by atoms with Crippen molar-refractivity contribution in [1.82, 2.24) is 0 Å². The first kappa shape index (κ1) is 22.1. The average molecular weight is 443 g/mol. The minimum absolute atomic E-state index is 0.235. The van der Waals surface area contributed by atoms with Crippen molar-refractivity contribution >= 4 is 28.8 Å². The molecule has 0 saturated heterocycles. The SMILES string of the molecule is CCOc1ccc(C2=C(Nc3ccc(C)cc3C)C(=O)N(c3cccc(OC)c3)C2=O)cc1. The molecule has 4 rings (SSSR count). The van der Waals surface area contributed by atoms with Crippen molar-refractivity contribution in [2.24, 2.45) is 0 Å². The van der Waals surface area contributed by atoms with Crippen LogP contribution in [0.2, 0.25) is 0 Å². The number of carbonyl (C=O) groups is 2. The van der Waals surface area contributed by atoms with Crippen LogP contribution in [0.4, 0.5) is 11.4 Å². The largest absolute Gasteiger partial charge is 0.497 e. The van der Waals surface area contributed by atoms with E-state index in [0.29, 0.717) is 34.9 Å². The molecule has 3 aromatic rings. The molecule has 1 aliphatic heterocycles. The van der Waals surface area contributed by atoms with Gasteiger partial charge in [0.1, 0.15) is 17.2 Å². The molecule has 6 heteroatoms. The number of anilines is 2. The first-order valence-corrected chi connectivity index (χ1v) is 10.8. The van der Waals surface area contributed by atoms with Gasteiger partial charge >= 0.3 is 0 Å². The van der Waals surface area contributed by atoms with Gasteiger partial charge in [-0.2, -0.15) is 0 Å². The van der Waals surface area contributed by atoms with Crippen LogP contribution in [0.3, 0.4) is 0 Å². The Bertz CT molecular complexity index is 1250. The number of methoxy groups -OCH3 is 1. The quantitative estimate of drug-likeness (QED) is 0.515. The number of hydrogen-bond donors (Lipinski definition) is 1. The Kier molecular flexibility index (Phi) is 6.18. The fraction of sp³-hybridized carbons (Fsp3) is 0.185. The molecule has 168 valence electrons. The molecule has 0 radical (unpaired) electrons. The summed E-state index contributed by atoms with van der Waals surface area (Å²) in [6.45, 7) is 6.43. The van der Waals surface area contributed by atoms with Gasteiger partial charge in [-0.25, -0.2) is 4.90 Å². The van der Waals surface area contributed by atoms with E-state index in [1.54, 1.807) is 55.6 Å². The van der Waals surface area contributed by atoms with Gasteiger partial charge in [0.25, 0.3) is 11.8 Å². The molecule has 0 saturated carbocycles. The van der Waals surface area contributed by atoms with E-state index < -0.39 is 11.8 Å². The summed E-state index contributed by atoms with van der Waals surface area (Å²) in [5.74, 6) is 0.445. The number of nitrogens with one attached hydrogen (secondary N) is 1. The van der Waals surface area contributed by atoms with E-state index in [4.69, 9.17) is 9.47 Å². The van der Waals surface area contributed by atoms with Crippen LogP contribution in [0.15, 0.2) is 72.4 Å². The molecule has 0 fully saturated rings. The monoisotopic (exact) mass is 442 g/mol. The lowest BCUT2D eigenvalue weighted by Gasteiger charge is -2.16. The van der Waals surface area contributed by atoms with Crippen LogP contribution in [0, 0.1) is 13.8 Å². The minimum atomic E-state index is -0.419. The number of hydrogen-bond acceptors (Lipinski definition) is 5. The second-order valence-corrected chi connectivity index (χ2v) is 7.80. The number of rotatable bonds is 7. The predicted molar refractivity (Wildman–Crippen MR) is 130 cm³/mol. The zero-order valence-electron chi connectivity index (χ0n) is 19.1. The lowest BCUT2D eigenvalue weighted by atomic mass is 10.0. The molecule has 2 amide bonds. The van der Waals surface area contributed by atoms with Crippen molar-refractivity contribution in [3.63, 3.8) is 0 Å². The molecule has 1 aliphatic rings. The first-order chi connectivity index (χ1) is 15.9. The van der Waals surface area contributed by atoms with Gasteiger partial charge in [0.15, 0.2) is 0 Å². The van der Waals surface area contributed by atoms with E-state index in [2.05, 4.69) is 5.32 Å². The molecule has 0 bridgehead atoms. The summed E-state index contributed by atoms with van der Waals surface area (Å²) >= 11 is 0. The second kappa shape index (κ2) is 9.20. The third-order valence-corrected chi connectivity index (χ3v) is 5.49. The fourth-order valence-corrected chi connectivity index (χ4v) is 3.87. The zero-order valence-corrected chi connectivity index (χ0v) is 19.1. The molecule has 0 spiro atoms. The lowest BCUT2D eigenvalue weighted by molar-refractivity contribution is -0.120. The average Bonchev–Trinajstić information content (AvgIpc) is 3.05. The second-order valence-electron chi connectivity index (χ2n) is 7.80. The molecule has 3 aromatic carbocycles. The molecular weight excluding hydrogens is 416 g/mol. The fourth-order valence-electron chi connectivity index (χ4n) is 3.87. The van der Waals surface area contributed by atoms with Crippen LogP contribution in [0.5, 0.6) is 11.5 Å². The van der Waals surface area contributed by atoms with E-state index >= 15 is 0 Å². The molecule has 0 aliphatic carbocycles. The summed E-state index contributed by atoms with van der Waals surface area (Å²) in [4.78, 5) is 28.4. The minimum Gasteiger partial charge on any atom is -0.497 e. The van der Waals surface area contributed by atoms with E-state index in [1.165, 1.54) is 4.90 Å². The van der Waals surface area contributed by atoms with Crippen LogP contribution in [0.25, 0.3) is 5.57 Å². The molecule has 0 unspecified atom stereocenters. The number of aryl methyl sites for hydroxylation is 2. The van der Waals surface area contributed by atoms with Gasteiger partial charge in [-0.1, -0.05) is 35.9 Å². The Morgan fingerprint density at radius 2 is 1.64 bits per heavy atom. The van der Waals surface area contributed by atoms with Crippen LogP contribution >= 0.6 is 0 Å². The summed E-state index contributed by atoms with van der Waals surface area (Å²) in [7, 11) is 1.55. The van der Waals surface area contributed by atoms with E-state index in [0.717, 1.165) is 16.8 Å². The maximum atomic E-state index is 13.6. The molecule has 1 N–H and O–H groups in total. The van der Waals surface area contributed by atoms with Gasteiger partial charge < -0.3 is 14.8 Å². The van der Waals surface area contributed by atoms with Gasteiger partial charge in [0.05, 0.1) is 25.0 Å². The summed E-state index contributed by atoms with van der Waals surface area (Å²) < 4.78 is 10.8. The van der Waals surface area contributed by atoms with Crippen LogP contribution < -0.4 is 19.7 Å². The van der Waals surface area contributed by atoms with Crippen LogP contribution in [-0.2, 0) is 9.59 Å². The lowest BCUT2D eigenvalue weighted by Crippen LogP contribution is -2.32. The summed E-state index contributed by atoms with van der Waals surface area (Å²) in [6, 6.07) is 20.0. The summed E-state index contributed by atoms with van der Waals surface area (Å²) in [5, 5.41) is 3.24. The number of imide groups is 1. The van der Waals surface area contributed by atoms with Gasteiger partial charge in [0, 0.05) is 11.8 Å². The van der Waals surface area contributed by atoms with Crippen molar-refractivity contribution in [3.05, 3.63) is 89.1 Å². The summed E-state index contributed by atoms with van der Waals surface area (Å²) in [6.07, 6.45) is 0. The molecule has 33 heavy (non-hydrogen) atoms. The van der Waals surface area contributed by atoms with Crippen molar-refractivity contribution in [2.45, 2.75) is 20.8 Å². The third kappa shape index (κ3) is 4.32. The number of ether oxygens (including phenoxy) is 2. The smallest absolute Gasteiger partial charge is 0.282 e. The summed E-state index contributed by atoms with van der Waals surface area (Å²) in [5.41, 5.74) is 4.50. The highest BCUT2D eigenvalue weighted by Gasteiger charge is 2.40. The maximum Gasteiger partial charge on any atom is 0.282 e. The van der Waals surface area contributed by atoms with Gasteiger partial charge in [0.2, 0.25) is 0 Å². The third-order valence-electron chi connectivity index (χ3n) is 5.49. The Hall–Kier alpha value is -4.06. The Morgan fingerprint density at radius 1 is 0.879 bits per heavy atom. The molecule has 0 atom stereocenters. The normalized spacial score (nSPS) is 13.5. The number of carbonyl (C=O) groups excluding carboxylic acids is 2. The Labute approximate surface area is 193 Å². The molecule has 6 nitrogen and oxygen atoms in total. The zero-order chi connectivity index (χ0) is 23.5. The highest BCUT2D eigenvalue weighted by atomic mass is 16.5. The van der Waals surface area contributed by atoms with Crippen molar-refractivity contribution in [1.29, 1.82) is 0 Å². The Morgan fingerprint density at radius 3 is 2.30 bits per heavy atom. The van der Waals surface area contributed by atoms with Crippen molar-refractivity contribution in [2.75, 3.05) is 23.9 Å². The van der Waals surface area contributed by atoms with Gasteiger partial charge in [-0.05, 0) is 62.2 Å².